The molecule has 4 rings (SSSR count). The Labute approximate surface area is 188 Å². The van der Waals surface area contributed by atoms with E-state index in [1.54, 1.807) is 29.1 Å². The molecular formula is C23H20BrClN4O. The second-order valence-corrected chi connectivity index (χ2v) is 8.37. The standard InChI is InChI=1S/C23H20BrClN4O/c1-2-3-5-15-8-10-18(11-9-15)29-27-21-13-19(25)20(14-22(21)28-29)26-23(30)16-6-4-7-17(24)12-16/h4,6-14H,2-3,5H2,1H3,(H,26,30). The van der Waals surface area contributed by atoms with Crippen molar-refractivity contribution in [3.63, 3.8) is 0 Å². The Kier molecular flexibility index (Phi) is 6.16. The van der Waals surface area contributed by atoms with Crippen LogP contribution in [0.4, 0.5) is 5.69 Å². The molecule has 0 bridgehead atoms. The van der Waals surface area contributed by atoms with Gasteiger partial charge in [0.1, 0.15) is 11.0 Å². The van der Waals surface area contributed by atoms with E-state index in [0.29, 0.717) is 27.3 Å². The number of nitrogens with zero attached hydrogens (tertiary/aromatic N) is 3. The third-order valence-corrected chi connectivity index (χ3v) is 5.60. The van der Waals surface area contributed by atoms with Gasteiger partial charge in [-0.15, -0.1) is 10.2 Å². The summed E-state index contributed by atoms with van der Waals surface area (Å²) < 4.78 is 0.834. The lowest BCUT2D eigenvalue weighted by Crippen LogP contribution is -2.12. The van der Waals surface area contributed by atoms with Gasteiger partial charge in [0.25, 0.3) is 5.91 Å². The van der Waals surface area contributed by atoms with Gasteiger partial charge in [-0.2, -0.15) is 4.80 Å². The van der Waals surface area contributed by atoms with E-state index in [4.69, 9.17) is 11.6 Å². The highest BCUT2D eigenvalue weighted by Gasteiger charge is 2.13. The van der Waals surface area contributed by atoms with Crippen LogP contribution in [-0.2, 0) is 6.42 Å². The van der Waals surface area contributed by atoms with Gasteiger partial charge in [-0.3, -0.25) is 4.79 Å². The summed E-state index contributed by atoms with van der Waals surface area (Å²) in [5, 5.41) is 12.3. The van der Waals surface area contributed by atoms with Crippen LogP contribution >= 0.6 is 27.5 Å². The second kappa shape index (κ2) is 8.98. The number of amides is 1. The summed E-state index contributed by atoms with van der Waals surface area (Å²) >= 11 is 9.77. The van der Waals surface area contributed by atoms with Crippen LogP contribution in [0.1, 0.15) is 35.7 Å². The van der Waals surface area contributed by atoms with Crippen LogP contribution in [0.15, 0.2) is 65.1 Å². The number of carbonyl (C=O) groups excluding carboxylic acids is 1. The van der Waals surface area contributed by atoms with E-state index in [0.717, 1.165) is 16.6 Å². The molecule has 0 saturated carbocycles. The smallest absolute Gasteiger partial charge is 0.255 e. The number of unbranched alkanes of at least 4 members (excludes halogenated alkanes) is 1. The largest absolute Gasteiger partial charge is 0.321 e. The highest BCUT2D eigenvalue weighted by atomic mass is 79.9. The summed E-state index contributed by atoms with van der Waals surface area (Å²) in [6, 6.07) is 18.9. The van der Waals surface area contributed by atoms with E-state index < -0.39 is 0 Å². The van der Waals surface area contributed by atoms with Crippen molar-refractivity contribution in [2.75, 3.05) is 5.32 Å². The molecule has 0 aliphatic carbocycles. The van der Waals surface area contributed by atoms with Crippen LogP contribution in [0, 0.1) is 0 Å². The second-order valence-electron chi connectivity index (χ2n) is 7.04. The molecule has 30 heavy (non-hydrogen) atoms. The molecule has 0 radical (unpaired) electrons. The topological polar surface area (TPSA) is 59.8 Å². The predicted octanol–water partition coefficient (Wildman–Crippen LogP) is 6.43. The van der Waals surface area contributed by atoms with E-state index in [9.17, 15) is 4.79 Å². The van der Waals surface area contributed by atoms with E-state index in [1.807, 2.05) is 24.3 Å². The highest BCUT2D eigenvalue weighted by Crippen LogP contribution is 2.28. The average molecular weight is 484 g/mol. The highest BCUT2D eigenvalue weighted by molar-refractivity contribution is 9.10. The summed E-state index contributed by atoms with van der Waals surface area (Å²) in [6.07, 6.45) is 3.42. The Morgan fingerprint density at radius 1 is 1.07 bits per heavy atom. The zero-order chi connectivity index (χ0) is 21.1. The third-order valence-electron chi connectivity index (χ3n) is 4.79. The Bertz CT molecular complexity index is 1200. The summed E-state index contributed by atoms with van der Waals surface area (Å²) in [5.41, 5.74) is 4.53. The summed E-state index contributed by atoms with van der Waals surface area (Å²) in [7, 11) is 0. The molecule has 3 aromatic carbocycles. The zero-order valence-corrected chi connectivity index (χ0v) is 18.7. The lowest BCUT2D eigenvalue weighted by atomic mass is 10.1. The SMILES string of the molecule is CCCCc1ccc(-n2nc3cc(Cl)c(NC(=O)c4cccc(Br)c4)cc3n2)cc1. The number of fused-ring (bicyclic) bond motifs is 1. The van der Waals surface area contributed by atoms with Gasteiger partial charge in [-0.25, -0.2) is 0 Å². The number of carbonyl (C=O) groups is 1. The third kappa shape index (κ3) is 4.55. The van der Waals surface area contributed by atoms with Crippen molar-refractivity contribution >= 4 is 50.2 Å². The number of anilines is 1. The van der Waals surface area contributed by atoms with Gasteiger partial charge in [-0.05, 0) is 60.9 Å². The Hall–Kier alpha value is -2.70. The molecule has 1 N–H and O–H groups in total. The Morgan fingerprint density at radius 2 is 1.80 bits per heavy atom. The Morgan fingerprint density at radius 3 is 2.50 bits per heavy atom. The average Bonchev–Trinajstić information content (AvgIpc) is 3.15. The lowest BCUT2D eigenvalue weighted by molar-refractivity contribution is 0.102. The molecule has 1 heterocycles. The van der Waals surface area contributed by atoms with Crippen molar-refractivity contribution in [2.45, 2.75) is 26.2 Å². The first-order valence-corrected chi connectivity index (χ1v) is 10.9. The van der Waals surface area contributed by atoms with Gasteiger partial charge in [-0.1, -0.05) is 59.1 Å². The minimum absolute atomic E-state index is 0.243. The quantitative estimate of drug-likeness (QED) is 0.344. The molecule has 0 spiro atoms. The maximum atomic E-state index is 12.6. The first-order valence-electron chi connectivity index (χ1n) is 9.76. The summed E-state index contributed by atoms with van der Waals surface area (Å²) in [6.45, 7) is 2.19. The maximum Gasteiger partial charge on any atom is 0.255 e. The molecule has 4 aromatic rings. The molecule has 0 fully saturated rings. The van der Waals surface area contributed by atoms with Gasteiger partial charge in [0.2, 0.25) is 0 Å². The van der Waals surface area contributed by atoms with E-state index in [-0.39, 0.29) is 5.91 Å². The van der Waals surface area contributed by atoms with Gasteiger partial charge in [0, 0.05) is 10.0 Å². The van der Waals surface area contributed by atoms with Gasteiger partial charge in [0.05, 0.1) is 16.4 Å². The fraction of sp³-hybridized carbons (Fsp3) is 0.174. The molecule has 0 saturated heterocycles. The molecular weight excluding hydrogens is 464 g/mol. The summed E-state index contributed by atoms with van der Waals surface area (Å²) in [4.78, 5) is 14.1. The zero-order valence-electron chi connectivity index (χ0n) is 16.4. The molecule has 1 amide bonds. The van der Waals surface area contributed by atoms with Gasteiger partial charge in [0.15, 0.2) is 0 Å². The minimum Gasteiger partial charge on any atom is -0.321 e. The number of aryl methyl sites for hydroxylation is 1. The van der Waals surface area contributed by atoms with Crippen molar-refractivity contribution in [1.29, 1.82) is 0 Å². The first kappa shape index (κ1) is 20.6. The van der Waals surface area contributed by atoms with Crippen LogP contribution in [-0.4, -0.2) is 20.9 Å². The predicted molar refractivity (Wildman–Crippen MR) is 125 cm³/mol. The molecule has 7 heteroatoms. The van der Waals surface area contributed by atoms with E-state index in [1.165, 1.54) is 18.4 Å². The molecule has 0 unspecified atom stereocenters. The van der Waals surface area contributed by atoms with Crippen molar-refractivity contribution in [2.24, 2.45) is 0 Å². The van der Waals surface area contributed by atoms with Crippen LogP contribution in [0.3, 0.4) is 0 Å². The van der Waals surface area contributed by atoms with Crippen LogP contribution in [0.25, 0.3) is 16.7 Å². The fourth-order valence-corrected chi connectivity index (χ4v) is 3.75. The molecule has 0 aliphatic rings. The van der Waals surface area contributed by atoms with E-state index in [2.05, 4.69) is 50.5 Å². The molecule has 0 aliphatic heterocycles. The number of hydrogen-bond acceptors (Lipinski definition) is 3. The minimum atomic E-state index is -0.243. The number of halogens is 2. The van der Waals surface area contributed by atoms with Crippen molar-refractivity contribution in [3.05, 3.63) is 81.3 Å². The number of hydrogen-bond donors (Lipinski definition) is 1. The van der Waals surface area contributed by atoms with Crippen molar-refractivity contribution in [3.8, 4) is 5.69 Å². The van der Waals surface area contributed by atoms with Crippen LogP contribution in [0.5, 0.6) is 0 Å². The maximum absolute atomic E-state index is 12.6. The molecule has 0 atom stereocenters. The summed E-state index contributed by atoms with van der Waals surface area (Å²) in [5.74, 6) is -0.243. The lowest BCUT2D eigenvalue weighted by Gasteiger charge is -2.07. The molecule has 152 valence electrons. The number of aromatic nitrogens is 3. The monoisotopic (exact) mass is 482 g/mol. The Balaban J connectivity index is 1.59. The van der Waals surface area contributed by atoms with E-state index >= 15 is 0 Å². The normalized spacial score (nSPS) is 11.0. The number of benzene rings is 3. The molecule has 1 aromatic heterocycles. The molecule has 5 nitrogen and oxygen atoms in total. The van der Waals surface area contributed by atoms with Crippen LogP contribution < -0.4 is 5.32 Å². The van der Waals surface area contributed by atoms with Crippen LogP contribution in [0.2, 0.25) is 5.02 Å². The number of nitrogens with one attached hydrogen (secondary N) is 1. The first-order chi connectivity index (χ1) is 14.5. The van der Waals surface area contributed by atoms with Crippen molar-refractivity contribution in [1.82, 2.24) is 15.0 Å². The number of rotatable bonds is 6. The van der Waals surface area contributed by atoms with Gasteiger partial charge < -0.3 is 5.32 Å². The van der Waals surface area contributed by atoms with Crippen molar-refractivity contribution < 1.29 is 4.79 Å². The van der Waals surface area contributed by atoms with Gasteiger partial charge >= 0.3 is 0 Å². The fourth-order valence-electron chi connectivity index (χ4n) is 3.15.